The molecular formula is C44H38O4. The molecule has 0 saturated heterocycles. The van der Waals surface area contributed by atoms with Gasteiger partial charge in [-0.1, -0.05) is 72.8 Å². The summed E-state index contributed by atoms with van der Waals surface area (Å²) in [6.07, 6.45) is 0. The van der Waals surface area contributed by atoms with E-state index >= 15 is 0 Å². The second kappa shape index (κ2) is 12.1. The number of phenols is 4. The molecule has 0 aliphatic carbocycles. The van der Waals surface area contributed by atoms with E-state index in [1.54, 1.807) is 24.3 Å². The number of hydrogen-bond acceptors (Lipinski definition) is 4. The molecule has 0 atom stereocenters. The zero-order chi connectivity index (χ0) is 33.7. The van der Waals surface area contributed by atoms with Crippen molar-refractivity contribution in [3.63, 3.8) is 0 Å². The highest BCUT2D eigenvalue weighted by Gasteiger charge is 2.30. The summed E-state index contributed by atoms with van der Waals surface area (Å²) >= 11 is 0. The minimum Gasteiger partial charge on any atom is -0.508 e. The molecule has 7 rings (SSSR count). The van der Waals surface area contributed by atoms with Gasteiger partial charge in [0.1, 0.15) is 23.0 Å². The maximum atomic E-state index is 10.4. The third-order valence-corrected chi connectivity index (χ3v) is 9.85. The molecule has 0 bridgehead atoms. The summed E-state index contributed by atoms with van der Waals surface area (Å²) in [7, 11) is 0. The Kier molecular flexibility index (Phi) is 7.80. The highest BCUT2D eigenvalue weighted by atomic mass is 16.3. The Balaban J connectivity index is 1.65. The van der Waals surface area contributed by atoms with E-state index in [4.69, 9.17) is 0 Å². The fourth-order valence-electron chi connectivity index (χ4n) is 7.71. The van der Waals surface area contributed by atoms with Crippen LogP contribution in [0.1, 0.15) is 67.5 Å². The van der Waals surface area contributed by atoms with Crippen LogP contribution < -0.4 is 0 Å². The van der Waals surface area contributed by atoms with Crippen molar-refractivity contribution in [2.45, 2.75) is 39.5 Å². The van der Waals surface area contributed by atoms with E-state index in [-0.39, 0.29) is 34.8 Å². The first kappa shape index (κ1) is 30.9. The van der Waals surface area contributed by atoms with Crippen LogP contribution in [0.4, 0.5) is 0 Å². The Morgan fingerprint density at radius 3 is 0.771 bits per heavy atom. The first-order valence-corrected chi connectivity index (χ1v) is 16.2. The SMILES string of the molecule is Cc1cc(O)ccc1C(c1ccc(O)cc1C)c1c2ccccc2c(C(c2ccc(O)cc2C)c2ccc(O)cc2C)c2ccccc12. The third-order valence-electron chi connectivity index (χ3n) is 9.85. The molecule has 0 unspecified atom stereocenters. The Bertz CT molecular complexity index is 2030. The summed E-state index contributed by atoms with van der Waals surface area (Å²) in [4.78, 5) is 0. The highest BCUT2D eigenvalue weighted by Crippen LogP contribution is 2.49. The number of aryl methyl sites for hydroxylation is 4. The topological polar surface area (TPSA) is 80.9 Å². The summed E-state index contributed by atoms with van der Waals surface area (Å²) in [6.45, 7) is 8.14. The van der Waals surface area contributed by atoms with Crippen molar-refractivity contribution in [3.8, 4) is 23.0 Å². The van der Waals surface area contributed by atoms with Crippen LogP contribution in [0.3, 0.4) is 0 Å². The number of fused-ring (bicyclic) bond motifs is 2. The first-order valence-electron chi connectivity index (χ1n) is 16.2. The van der Waals surface area contributed by atoms with Gasteiger partial charge in [-0.3, -0.25) is 0 Å². The smallest absolute Gasteiger partial charge is 0.115 e. The minimum atomic E-state index is -0.209. The van der Waals surface area contributed by atoms with Crippen LogP contribution in [0.25, 0.3) is 21.5 Å². The fourth-order valence-corrected chi connectivity index (χ4v) is 7.71. The average molecular weight is 631 g/mol. The largest absolute Gasteiger partial charge is 0.508 e. The van der Waals surface area contributed by atoms with Crippen molar-refractivity contribution in [2.24, 2.45) is 0 Å². The Morgan fingerprint density at radius 1 is 0.333 bits per heavy atom. The Morgan fingerprint density at radius 2 is 0.562 bits per heavy atom. The van der Waals surface area contributed by atoms with Crippen LogP contribution in [0.15, 0.2) is 121 Å². The molecule has 0 fully saturated rings. The normalized spacial score (nSPS) is 11.6. The molecule has 4 N–H and O–H groups in total. The maximum absolute atomic E-state index is 10.4. The van der Waals surface area contributed by atoms with Crippen molar-refractivity contribution < 1.29 is 20.4 Å². The van der Waals surface area contributed by atoms with Gasteiger partial charge in [0, 0.05) is 11.8 Å². The van der Waals surface area contributed by atoms with Gasteiger partial charge in [-0.05, 0) is 153 Å². The third kappa shape index (κ3) is 5.29. The molecule has 0 aliphatic rings. The van der Waals surface area contributed by atoms with Crippen LogP contribution in [-0.4, -0.2) is 20.4 Å². The van der Waals surface area contributed by atoms with Crippen LogP contribution in [0.5, 0.6) is 23.0 Å². The molecule has 0 radical (unpaired) electrons. The van der Waals surface area contributed by atoms with Gasteiger partial charge in [0.15, 0.2) is 0 Å². The van der Waals surface area contributed by atoms with Gasteiger partial charge < -0.3 is 20.4 Å². The monoisotopic (exact) mass is 630 g/mol. The molecule has 7 aromatic carbocycles. The van der Waals surface area contributed by atoms with Crippen molar-refractivity contribution in [1.82, 2.24) is 0 Å². The number of benzene rings is 7. The van der Waals surface area contributed by atoms with Gasteiger partial charge in [-0.15, -0.1) is 0 Å². The van der Waals surface area contributed by atoms with E-state index in [0.717, 1.165) is 77.2 Å². The van der Waals surface area contributed by atoms with E-state index in [1.807, 2.05) is 76.2 Å². The number of aromatic hydroxyl groups is 4. The molecule has 238 valence electrons. The summed E-state index contributed by atoms with van der Waals surface area (Å²) in [5, 5.41) is 46.1. The van der Waals surface area contributed by atoms with E-state index in [0.29, 0.717) is 0 Å². The first-order chi connectivity index (χ1) is 23.1. The number of hydrogen-bond donors (Lipinski definition) is 4. The van der Waals surface area contributed by atoms with E-state index in [1.165, 1.54) is 0 Å². The van der Waals surface area contributed by atoms with E-state index in [9.17, 15) is 20.4 Å². The molecule has 0 saturated carbocycles. The second-order valence-electron chi connectivity index (χ2n) is 12.9. The maximum Gasteiger partial charge on any atom is 0.115 e. The van der Waals surface area contributed by atoms with Crippen LogP contribution in [-0.2, 0) is 0 Å². The van der Waals surface area contributed by atoms with Gasteiger partial charge >= 0.3 is 0 Å². The van der Waals surface area contributed by atoms with Crippen molar-refractivity contribution in [1.29, 1.82) is 0 Å². The van der Waals surface area contributed by atoms with Crippen LogP contribution in [0.2, 0.25) is 0 Å². The molecule has 0 amide bonds. The van der Waals surface area contributed by atoms with Gasteiger partial charge in [-0.25, -0.2) is 0 Å². The average Bonchev–Trinajstić information content (AvgIpc) is 3.05. The molecule has 48 heavy (non-hydrogen) atoms. The molecule has 0 aliphatic heterocycles. The van der Waals surface area contributed by atoms with Crippen LogP contribution >= 0.6 is 0 Å². The molecule has 0 spiro atoms. The lowest BCUT2D eigenvalue weighted by atomic mass is 9.73. The minimum absolute atomic E-state index is 0.209. The summed E-state index contributed by atoms with van der Waals surface area (Å²) in [6, 6.07) is 39.5. The summed E-state index contributed by atoms with van der Waals surface area (Å²) < 4.78 is 0. The van der Waals surface area contributed by atoms with Gasteiger partial charge in [0.2, 0.25) is 0 Å². The van der Waals surface area contributed by atoms with E-state index in [2.05, 4.69) is 48.5 Å². The molecular weight excluding hydrogens is 592 g/mol. The summed E-state index contributed by atoms with van der Waals surface area (Å²) in [5.74, 6) is 0.467. The van der Waals surface area contributed by atoms with Gasteiger partial charge in [-0.2, -0.15) is 0 Å². The van der Waals surface area contributed by atoms with Crippen molar-refractivity contribution in [2.75, 3.05) is 0 Å². The van der Waals surface area contributed by atoms with Crippen molar-refractivity contribution in [3.05, 3.63) is 177 Å². The number of rotatable bonds is 6. The Labute approximate surface area is 280 Å². The lowest BCUT2D eigenvalue weighted by Crippen LogP contribution is -2.12. The molecule has 0 heterocycles. The lowest BCUT2D eigenvalue weighted by molar-refractivity contribution is 0.473. The molecule has 4 nitrogen and oxygen atoms in total. The molecule has 4 heteroatoms. The summed E-state index contributed by atoms with van der Waals surface area (Å²) in [5.41, 5.74) is 10.5. The predicted molar refractivity (Wildman–Crippen MR) is 195 cm³/mol. The van der Waals surface area contributed by atoms with Crippen molar-refractivity contribution >= 4 is 21.5 Å². The Hall–Kier alpha value is -5.74. The van der Waals surface area contributed by atoms with Gasteiger partial charge in [0.05, 0.1) is 0 Å². The predicted octanol–water partition coefficient (Wildman–Crippen LogP) is 10.4. The molecule has 7 aromatic rings. The highest BCUT2D eigenvalue weighted by molar-refractivity contribution is 6.08. The molecule has 0 aromatic heterocycles. The van der Waals surface area contributed by atoms with Gasteiger partial charge in [0.25, 0.3) is 0 Å². The number of phenolic OH excluding ortho intramolecular Hbond substituents is 4. The lowest BCUT2D eigenvalue weighted by Gasteiger charge is -2.30. The zero-order valence-corrected chi connectivity index (χ0v) is 27.5. The second-order valence-corrected chi connectivity index (χ2v) is 12.9. The van der Waals surface area contributed by atoms with Crippen LogP contribution in [0, 0.1) is 27.7 Å². The quantitative estimate of drug-likeness (QED) is 0.109. The standard InChI is InChI=1S/C44H38O4/c1-25-21-29(45)13-17-33(25)41(34-18-14-30(46)22-26(34)2)43-37-9-5-7-11-39(37)44(40-12-8-6-10-38(40)43)42(35-19-15-31(47)23-27(35)3)36-20-16-32(48)24-28(36)4/h5-24,41-42,45-48H,1-4H3. The fraction of sp³-hybridized carbons (Fsp3) is 0.136. The van der Waals surface area contributed by atoms with E-state index < -0.39 is 0 Å². The zero-order valence-electron chi connectivity index (χ0n) is 27.5.